The van der Waals surface area contributed by atoms with Gasteiger partial charge in [0, 0.05) is 23.2 Å². The number of pyridine rings is 1. The first kappa shape index (κ1) is 12.4. The summed E-state index contributed by atoms with van der Waals surface area (Å²) in [6.07, 6.45) is -3.06. The molecule has 0 saturated heterocycles. The Hall–Kier alpha value is -2.07. The summed E-state index contributed by atoms with van der Waals surface area (Å²) in [5, 5.41) is 2.17. The SMILES string of the molecule is O=c1cc(C#Cc2nccs2)cc(C(F)(F)F)[nH]1. The average molecular weight is 270 g/mol. The molecule has 2 aromatic rings. The molecule has 0 fully saturated rings. The quantitative estimate of drug-likeness (QED) is 0.746. The monoisotopic (exact) mass is 270 g/mol. The number of hydrogen-bond acceptors (Lipinski definition) is 3. The summed E-state index contributed by atoms with van der Waals surface area (Å²) in [4.78, 5) is 16.7. The van der Waals surface area contributed by atoms with E-state index in [4.69, 9.17) is 0 Å². The Bertz CT molecular complexity index is 662. The molecule has 92 valence electrons. The van der Waals surface area contributed by atoms with E-state index in [0.29, 0.717) is 5.01 Å². The van der Waals surface area contributed by atoms with Gasteiger partial charge in [0.15, 0.2) is 5.01 Å². The van der Waals surface area contributed by atoms with E-state index in [1.54, 1.807) is 10.4 Å². The highest BCUT2D eigenvalue weighted by atomic mass is 32.1. The molecule has 2 rings (SSSR count). The van der Waals surface area contributed by atoms with Gasteiger partial charge < -0.3 is 4.98 Å². The van der Waals surface area contributed by atoms with Crippen LogP contribution in [0.5, 0.6) is 0 Å². The molecule has 0 unspecified atom stereocenters. The molecule has 0 aliphatic heterocycles. The molecule has 18 heavy (non-hydrogen) atoms. The van der Waals surface area contributed by atoms with Crippen molar-refractivity contribution in [1.29, 1.82) is 0 Å². The maximum atomic E-state index is 12.4. The largest absolute Gasteiger partial charge is 0.431 e. The van der Waals surface area contributed by atoms with Crippen LogP contribution in [0.2, 0.25) is 0 Å². The van der Waals surface area contributed by atoms with Crippen LogP contribution in [0.25, 0.3) is 0 Å². The van der Waals surface area contributed by atoms with Gasteiger partial charge in [0.2, 0.25) is 5.56 Å². The number of aromatic amines is 1. The number of alkyl halides is 3. The third kappa shape index (κ3) is 2.99. The summed E-state index contributed by atoms with van der Waals surface area (Å²) in [5.74, 6) is 5.06. The van der Waals surface area contributed by atoms with E-state index in [-0.39, 0.29) is 5.56 Å². The van der Waals surface area contributed by atoms with Crippen LogP contribution < -0.4 is 5.56 Å². The topological polar surface area (TPSA) is 45.8 Å². The van der Waals surface area contributed by atoms with E-state index in [1.807, 2.05) is 0 Å². The number of nitrogens with one attached hydrogen (secondary N) is 1. The van der Waals surface area contributed by atoms with Gasteiger partial charge in [-0.25, -0.2) is 4.98 Å². The Morgan fingerprint density at radius 2 is 2.06 bits per heavy atom. The maximum absolute atomic E-state index is 12.4. The molecule has 0 aliphatic rings. The summed E-state index contributed by atoms with van der Waals surface area (Å²) in [6, 6.07) is 1.80. The lowest BCUT2D eigenvalue weighted by molar-refractivity contribution is -0.141. The summed E-state index contributed by atoms with van der Waals surface area (Å²) < 4.78 is 37.3. The Balaban J connectivity index is 2.41. The molecule has 0 bridgehead atoms. The Kier molecular flexibility index (Phi) is 3.21. The van der Waals surface area contributed by atoms with Gasteiger partial charge in [-0.15, -0.1) is 11.3 Å². The molecule has 0 aliphatic carbocycles. The second kappa shape index (κ2) is 4.66. The number of aromatic nitrogens is 2. The highest BCUT2D eigenvalue weighted by Gasteiger charge is 2.32. The van der Waals surface area contributed by atoms with Crippen LogP contribution in [0, 0.1) is 11.8 Å². The highest BCUT2D eigenvalue weighted by Crippen LogP contribution is 2.26. The van der Waals surface area contributed by atoms with E-state index in [2.05, 4.69) is 16.8 Å². The van der Waals surface area contributed by atoms with Crippen molar-refractivity contribution in [3.05, 3.63) is 50.3 Å². The first-order chi connectivity index (χ1) is 8.45. The zero-order valence-corrected chi connectivity index (χ0v) is 9.52. The Morgan fingerprint density at radius 1 is 1.28 bits per heavy atom. The van der Waals surface area contributed by atoms with E-state index >= 15 is 0 Å². The van der Waals surface area contributed by atoms with E-state index in [9.17, 15) is 18.0 Å². The molecular weight excluding hydrogens is 265 g/mol. The van der Waals surface area contributed by atoms with Crippen molar-refractivity contribution >= 4 is 11.3 Å². The molecule has 1 N–H and O–H groups in total. The molecular formula is C11H5F3N2OS. The Morgan fingerprint density at radius 3 is 2.67 bits per heavy atom. The number of hydrogen-bond donors (Lipinski definition) is 1. The molecule has 2 aromatic heterocycles. The number of halogens is 3. The summed E-state index contributed by atoms with van der Waals surface area (Å²) in [7, 11) is 0. The fourth-order valence-electron chi connectivity index (χ4n) is 1.18. The fraction of sp³-hybridized carbons (Fsp3) is 0.0909. The minimum atomic E-state index is -4.60. The second-order valence-corrected chi connectivity index (χ2v) is 4.13. The summed E-state index contributed by atoms with van der Waals surface area (Å²) in [6.45, 7) is 0. The maximum Gasteiger partial charge on any atom is 0.431 e. The minimum absolute atomic E-state index is 0.00118. The number of nitrogens with zero attached hydrogens (tertiary/aromatic N) is 1. The third-order valence-electron chi connectivity index (χ3n) is 1.90. The van der Waals surface area contributed by atoms with E-state index < -0.39 is 17.4 Å². The van der Waals surface area contributed by atoms with Crippen LogP contribution in [0.15, 0.2) is 28.5 Å². The number of thiazole rings is 1. The molecule has 7 heteroatoms. The van der Waals surface area contributed by atoms with Gasteiger partial charge in [-0.05, 0) is 12.0 Å². The lowest BCUT2D eigenvalue weighted by Crippen LogP contribution is -2.16. The van der Waals surface area contributed by atoms with Crippen molar-refractivity contribution in [3.8, 4) is 11.8 Å². The third-order valence-corrected chi connectivity index (χ3v) is 2.58. The van der Waals surface area contributed by atoms with Crippen LogP contribution in [-0.4, -0.2) is 9.97 Å². The van der Waals surface area contributed by atoms with Crippen LogP contribution >= 0.6 is 11.3 Å². The van der Waals surface area contributed by atoms with E-state index in [0.717, 1.165) is 12.1 Å². The van der Waals surface area contributed by atoms with Crippen molar-refractivity contribution in [2.24, 2.45) is 0 Å². The first-order valence-corrected chi connectivity index (χ1v) is 5.56. The molecule has 3 nitrogen and oxygen atoms in total. The normalized spacial score (nSPS) is 10.8. The molecule has 0 radical (unpaired) electrons. The van der Waals surface area contributed by atoms with Gasteiger partial charge in [-0.2, -0.15) is 13.2 Å². The van der Waals surface area contributed by atoms with Crippen molar-refractivity contribution in [1.82, 2.24) is 9.97 Å². The number of H-pyrrole nitrogens is 1. The average Bonchev–Trinajstić information content (AvgIpc) is 2.77. The number of rotatable bonds is 0. The zero-order valence-electron chi connectivity index (χ0n) is 8.71. The van der Waals surface area contributed by atoms with Gasteiger partial charge in [0.05, 0.1) is 0 Å². The first-order valence-electron chi connectivity index (χ1n) is 4.68. The fourth-order valence-corrected chi connectivity index (χ4v) is 1.66. The van der Waals surface area contributed by atoms with Gasteiger partial charge >= 0.3 is 6.18 Å². The summed E-state index contributed by atoms with van der Waals surface area (Å²) >= 11 is 1.26. The zero-order chi connectivity index (χ0) is 13.2. The molecule has 0 amide bonds. The van der Waals surface area contributed by atoms with Gasteiger partial charge in [0.25, 0.3) is 0 Å². The molecule has 0 aromatic carbocycles. The van der Waals surface area contributed by atoms with Crippen LogP contribution in [-0.2, 0) is 6.18 Å². The van der Waals surface area contributed by atoms with Crippen molar-refractivity contribution in [2.45, 2.75) is 6.18 Å². The van der Waals surface area contributed by atoms with E-state index in [1.165, 1.54) is 17.5 Å². The molecule has 0 atom stereocenters. The predicted octanol–water partition coefficient (Wildman–Crippen LogP) is 2.25. The smallest absolute Gasteiger partial charge is 0.318 e. The van der Waals surface area contributed by atoms with Crippen molar-refractivity contribution in [3.63, 3.8) is 0 Å². The van der Waals surface area contributed by atoms with Crippen molar-refractivity contribution in [2.75, 3.05) is 0 Å². The lowest BCUT2D eigenvalue weighted by Gasteiger charge is -2.05. The van der Waals surface area contributed by atoms with Crippen LogP contribution in [0.3, 0.4) is 0 Å². The summed E-state index contributed by atoms with van der Waals surface area (Å²) in [5.41, 5.74) is -1.95. The van der Waals surface area contributed by atoms with Crippen LogP contribution in [0.4, 0.5) is 13.2 Å². The highest BCUT2D eigenvalue weighted by molar-refractivity contribution is 7.10. The molecule has 2 heterocycles. The van der Waals surface area contributed by atoms with Crippen molar-refractivity contribution < 1.29 is 13.2 Å². The molecule has 0 spiro atoms. The predicted molar refractivity (Wildman–Crippen MR) is 60.2 cm³/mol. The second-order valence-electron chi connectivity index (χ2n) is 3.23. The van der Waals surface area contributed by atoms with Gasteiger partial charge in [-0.3, -0.25) is 4.79 Å². The van der Waals surface area contributed by atoms with Gasteiger partial charge in [-0.1, -0.05) is 5.92 Å². The lowest BCUT2D eigenvalue weighted by atomic mass is 10.2. The van der Waals surface area contributed by atoms with Gasteiger partial charge in [0.1, 0.15) is 5.69 Å². The standard InChI is InChI=1S/C11H5F3N2OS/c12-11(13,14)8-5-7(6-9(17)16-8)1-2-10-15-3-4-18-10/h3-6H,(H,16,17). The Labute approximate surface area is 103 Å². The minimum Gasteiger partial charge on any atom is -0.318 e. The van der Waals surface area contributed by atoms with Crippen LogP contribution in [0.1, 0.15) is 16.3 Å². The molecule has 0 saturated carbocycles.